The minimum atomic E-state index is 0.816. The van der Waals surface area contributed by atoms with Gasteiger partial charge in [-0.2, -0.15) is 0 Å². The molecule has 0 aliphatic heterocycles. The lowest BCUT2D eigenvalue weighted by Gasteiger charge is -2.31. The first-order valence-electron chi connectivity index (χ1n) is 11.8. The Bertz CT molecular complexity index is 257. The summed E-state index contributed by atoms with van der Waals surface area (Å²) in [5.41, 5.74) is 0. The molecule has 0 radical (unpaired) electrons. The largest absolute Gasteiger partial charge is 0.328 e. The van der Waals surface area contributed by atoms with E-state index in [1.807, 2.05) is 0 Å². The smallest absolute Gasteiger partial charge is 0.0805 e. The summed E-state index contributed by atoms with van der Waals surface area (Å²) in [6.07, 6.45) is 23.4. The summed E-state index contributed by atoms with van der Waals surface area (Å²) in [6, 6.07) is 0. The highest BCUT2D eigenvalue weighted by molar-refractivity contribution is 4.50. The van der Waals surface area contributed by atoms with E-state index in [-0.39, 0.29) is 0 Å². The monoisotopic (exact) mass is 354 g/mol. The molecule has 152 valence electrons. The Morgan fingerprint density at radius 2 is 0.840 bits per heavy atom. The molecule has 0 aromatic heterocycles. The SMILES string of the molecule is CCCCCCCCCCCCCCCCCC[N+](C)(C)CC(C)C. The topological polar surface area (TPSA) is 0 Å². The van der Waals surface area contributed by atoms with Crippen molar-refractivity contribution in [1.29, 1.82) is 0 Å². The first kappa shape index (κ1) is 25.0. The summed E-state index contributed by atoms with van der Waals surface area (Å²) in [5.74, 6) is 0.816. The molecule has 0 amide bonds. The summed E-state index contributed by atoms with van der Waals surface area (Å²) >= 11 is 0. The molecular formula is C24H52N+. The minimum Gasteiger partial charge on any atom is -0.328 e. The second-order valence-corrected chi connectivity index (χ2v) is 9.54. The Morgan fingerprint density at radius 3 is 1.16 bits per heavy atom. The van der Waals surface area contributed by atoms with Gasteiger partial charge < -0.3 is 4.48 Å². The average Bonchev–Trinajstić information content (AvgIpc) is 2.53. The maximum Gasteiger partial charge on any atom is 0.0805 e. The van der Waals surface area contributed by atoms with Crippen LogP contribution in [0.2, 0.25) is 0 Å². The number of rotatable bonds is 19. The van der Waals surface area contributed by atoms with Crippen LogP contribution in [0.5, 0.6) is 0 Å². The van der Waals surface area contributed by atoms with Gasteiger partial charge in [0.25, 0.3) is 0 Å². The summed E-state index contributed by atoms with van der Waals surface area (Å²) < 4.78 is 1.20. The summed E-state index contributed by atoms with van der Waals surface area (Å²) in [4.78, 5) is 0. The van der Waals surface area contributed by atoms with Gasteiger partial charge in [-0.3, -0.25) is 0 Å². The Kier molecular flexibility index (Phi) is 17.3. The van der Waals surface area contributed by atoms with Crippen molar-refractivity contribution in [2.45, 2.75) is 124 Å². The molecule has 0 saturated carbocycles. The summed E-state index contributed by atoms with van der Waals surface area (Å²) in [7, 11) is 4.79. The van der Waals surface area contributed by atoms with Gasteiger partial charge in [0.05, 0.1) is 27.2 Å². The van der Waals surface area contributed by atoms with Gasteiger partial charge in [0, 0.05) is 5.92 Å². The quantitative estimate of drug-likeness (QED) is 0.163. The number of hydrogen-bond donors (Lipinski definition) is 0. The zero-order valence-electron chi connectivity index (χ0n) is 18.8. The maximum absolute atomic E-state index is 2.39. The fourth-order valence-corrected chi connectivity index (χ4v) is 4.17. The van der Waals surface area contributed by atoms with Crippen molar-refractivity contribution in [2.24, 2.45) is 5.92 Å². The number of unbranched alkanes of at least 4 members (excludes halogenated alkanes) is 15. The third-order valence-electron chi connectivity index (χ3n) is 5.48. The van der Waals surface area contributed by atoms with Gasteiger partial charge in [0.1, 0.15) is 0 Å². The Hall–Kier alpha value is -0.0400. The van der Waals surface area contributed by atoms with Crippen molar-refractivity contribution < 1.29 is 4.48 Å². The van der Waals surface area contributed by atoms with Gasteiger partial charge in [-0.1, -0.05) is 111 Å². The number of hydrogen-bond acceptors (Lipinski definition) is 0. The van der Waals surface area contributed by atoms with E-state index in [0.29, 0.717) is 0 Å². The summed E-state index contributed by atoms with van der Waals surface area (Å²) in [6.45, 7) is 9.66. The normalized spacial score (nSPS) is 12.2. The van der Waals surface area contributed by atoms with Crippen LogP contribution in [0.3, 0.4) is 0 Å². The van der Waals surface area contributed by atoms with Crippen molar-refractivity contribution in [3.63, 3.8) is 0 Å². The first-order chi connectivity index (χ1) is 12.0. The molecule has 0 atom stereocenters. The van der Waals surface area contributed by atoms with Gasteiger partial charge in [-0.25, -0.2) is 0 Å². The van der Waals surface area contributed by atoms with Crippen LogP contribution in [0.1, 0.15) is 124 Å². The van der Waals surface area contributed by atoms with Gasteiger partial charge in [0.2, 0.25) is 0 Å². The first-order valence-corrected chi connectivity index (χ1v) is 11.8. The molecule has 0 rings (SSSR count). The maximum atomic E-state index is 2.39. The van der Waals surface area contributed by atoms with E-state index >= 15 is 0 Å². The van der Waals surface area contributed by atoms with Crippen LogP contribution >= 0.6 is 0 Å². The third kappa shape index (κ3) is 20.1. The van der Waals surface area contributed by atoms with E-state index in [1.54, 1.807) is 0 Å². The summed E-state index contributed by atoms with van der Waals surface area (Å²) in [5, 5.41) is 0. The van der Waals surface area contributed by atoms with Crippen LogP contribution < -0.4 is 0 Å². The van der Waals surface area contributed by atoms with Gasteiger partial charge in [-0.15, -0.1) is 0 Å². The van der Waals surface area contributed by atoms with Gasteiger partial charge in [0.15, 0.2) is 0 Å². The molecule has 0 spiro atoms. The molecule has 25 heavy (non-hydrogen) atoms. The van der Waals surface area contributed by atoms with Crippen LogP contribution in [0.25, 0.3) is 0 Å². The molecule has 0 fully saturated rings. The lowest BCUT2D eigenvalue weighted by molar-refractivity contribution is -0.893. The fraction of sp³-hybridized carbons (Fsp3) is 1.00. The second kappa shape index (κ2) is 17.4. The predicted octanol–water partition coefficient (Wildman–Crippen LogP) is 7.98. The van der Waals surface area contributed by atoms with E-state index in [9.17, 15) is 0 Å². The van der Waals surface area contributed by atoms with E-state index < -0.39 is 0 Å². The predicted molar refractivity (Wildman–Crippen MR) is 116 cm³/mol. The lowest BCUT2D eigenvalue weighted by Crippen LogP contribution is -2.43. The molecular weight excluding hydrogens is 302 g/mol. The molecule has 1 heteroatoms. The number of quaternary nitrogens is 1. The molecule has 0 heterocycles. The van der Waals surface area contributed by atoms with Gasteiger partial charge >= 0.3 is 0 Å². The van der Waals surface area contributed by atoms with Crippen molar-refractivity contribution in [2.75, 3.05) is 27.2 Å². The Balaban J connectivity index is 3.17. The molecule has 0 saturated heterocycles. The molecule has 0 aromatic rings. The third-order valence-corrected chi connectivity index (χ3v) is 5.48. The van der Waals surface area contributed by atoms with Crippen molar-refractivity contribution in [1.82, 2.24) is 0 Å². The molecule has 1 nitrogen and oxygen atoms in total. The van der Waals surface area contributed by atoms with E-state index in [2.05, 4.69) is 34.9 Å². The molecule has 0 aromatic carbocycles. The van der Waals surface area contributed by atoms with E-state index in [0.717, 1.165) is 5.92 Å². The van der Waals surface area contributed by atoms with Crippen LogP contribution in [0.15, 0.2) is 0 Å². The van der Waals surface area contributed by atoms with E-state index in [4.69, 9.17) is 0 Å². The van der Waals surface area contributed by atoms with Crippen LogP contribution in [-0.2, 0) is 0 Å². The van der Waals surface area contributed by atoms with Crippen LogP contribution in [0.4, 0.5) is 0 Å². The van der Waals surface area contributed by atoms with Crippen molar-refractivity contribution in [3.05, 3.63) is 0 Å². The van der Waals surface area contributed by atoms with Crippen LogP contribution in [0, 0.1) is 5.92 Å². The molecule has 0 aliphatic rings. The lowest BCUT2D eigenvalue weighted by atomic mass is 10.0. The zero-order valence-corrected chi connectivity index (χ0v) is 18.8. The minimum absolute atomic E-state index is 0.816. The molecule has 0 unspecified atom stereocenters. The second-order valence-electron chi connectivity index (χ2n) is 9.54. The molecule has 0 aliphatic carbocycles. The van der Waals surface area contributed by atoms with Gasteiger partial charge in [-0.05, 0) is 12.8 Å². The molecule has 0 N–H and O–H groups in total. The van der Waals surface area contributed by atoms with E-state index in [1.165, 1.54) is 120 Å². The highest BCUT2D eigenvalue weighted by Gasteiger charge is 2.15. The Labute approximate surface area is 161 Å². The molecule has 0 bridgehead atoms. The highest BCUT2D eigenvalue weighted by atomic mass is 15.3. The standard InChI is InChI=1S/C24H52N/c1-6-7-8-9-10-11-12-13-14-15-16-17-18-19-20-21-22-25(4,5)23-24(2)3/h24H,6-23H2,1-5H3/q+1. The zero-order chi connectivity index (χ0) is 18.8. The van der Waals surface area contributed by atoms with Crippen molar-refractivity contribution in [3.8, 4) is 0 Å². The average molecular weight is 355 g/mol. The number of nitrogens with zero attached hydrogens (tertiary/aromatic N) is 1. The Morgan fingerprint density at radius 1 is 0.520 bits per heavy atom. The van der Waals surface area contributed by atoms with Crippen molar-refractivity contribution >= 4 is 0 Å². The van der Waals surface area contributed by atoms with Crippen LogP contribution in [-0.4, -0.2) is 31.7 Å². The highest BCUT2D eigenvalue weighted by Crippen LogP contribution is 2.14. The fourth-order valence-electron chi connectivity index (χ4n) is 4.17.